The zero-order valence-corrected chi connectivity index (χ0v) is 19.3. The van der Waals surface area contributed by atoms with E-state index in [1.807, 2.05) is 0 Å². The summed E-state index contributed by atoms with van der Waals surface area (Å²) in [6.07, 6.45) is 2.28. The van der Waals surface area contributed by atoms with Crippen LogP contribution in [-0.2, 0) is 19.5 Å². The second-order valence-corrected chi connectivity index (χ2v) is 5.35. The van der Waals surface area contributed by atoms with Crippen LogP contribution in [0.25, 0.3) is 0 Å². The third kappa shape index (κ3) is 792. The van der Waals surface area contributed by atoms with Gasteiger partial charge in [0.15, 0.2) is 0 Å². The summed E-state index contributed by atoms with van der Waals surface area (Å²) >= 11 is 0. The fraction of sp³-hybridized carbons (Fsp3) is 0.750. The molecule has 0 aromatic rings. The van der Waals surface area contributed by atoms with Gasteiger partial charge in [0.25, 0.3) is 0 Å². The average molecular weight is 308 g/mol. The van der Waals surface area contributed by atoms with Crippen molar-refractivity contribution in [2.45, 2.75) is 82.1 Å². The van der Waals surface area contributed by atoms with Gasteiger partial charge in [0.2, 0.25) is 0 Å². The van der Waals surface area contributed by atoms with Gasteiger partial charge >= 0.3 is 57.2 Å². The summed E-state index contributed by atoms with van der Waals surface area (Å²) in [5, 5.41) is 0. The Hall–Kier alpha value is 1.82. The van der Waals surface area contributed by atoms with Crippen LogP contribution in [0.5, 0.6) is 0 Å². The zero-order valence-electron chi connectivity index (χ0n) is 16.3. The Balaban J connectivity index is -0.0000000192. The maximum absolute atomic E-state index is 3.60. The largest absolute Gasteiger partial charge is 2.00 e. The number of hydrogen-bond acceptors (Lipinski definition) is 0. The first-order valence-corrected chi connectivity index (χ1v) is 6.21. The molecule has 0 aliphatic carbocycles. The van der Waals surface area contributed by atoms with Crippen molar-refractivity contribution in [1.29, 1.82) is 0 Å². The Kier molecular flexibility index (Phi) is 96.3. The molecule has 3 heteroatoms. The predicted molar refractivity (Wildman–Crippen MR) is 81.1 cm³/mol. The second kappa shape index (κ2) is 42.7. The van der Waals surface area contributed by atoms with E-state index in [0.717, 1.165) is 6.42 Å². The molecule has 0 fully saturated rings. The molecule has 0 rings (SSSR count). The third-order valence-electron chi connectivity index (χ3n) is 0.354. The van der Waals surface area contributed by atoms with Crippen LogP contribution >= 0.6 is 0 Å². The van der Waals surface area contributed by atoms with Gasteiger partial charge in [-0.2, -0.15) is 68.7 Å². The Morgan fingerprint density at radius 1 is 0.632 bits per heavy atom. The van der Waals surface area contributed by atoms with E-state index in [1.54, 1.807) is 0 Å². The Labute approximate surface area is 163 Å². The minimum Gasteiger partial charge on any atom is -0.343 e. The minimum absolute atomic E-state index is 0. The van der Waals surface area contributed by atoms with Crippen molar-refractivity contribution in [3.63, 3.8) is 0 Å². The number of hydrogen-bond donors (Lipinski definition) is 0. The molecular weight excluding hydrogens is 271 g/mol. The van der Waals surface area contributed by atoms with Crippen LogP contribution in [0, 0.1) is 24.7 Å². The van der Waals surface area contributed by atoms with Crippen molar-refractivity contribution in [3.8, 4) is 0 Å². The van der Waals surface area contributed by atoms with E-state index in [2.05, 4.69) is 76.2 Å². The molecule has 104 valence electrons. The monoisotopic (exact) mass is 306 g/mol. The van der Waals surface area contributed by atoms with E-state index in [4.69, 9.17) is 0 Å². The van der Waals surface area contributed by atoms with Crippen LogP contribution in [0.3, 0.4) is 0 Å². The molecule has 0 heterocycles. The van der Waals surface area contributed by atoms with E-state index in [9.17, 15) is 0 Å². The van der Waals surface area contributed by atoms with E-state index in [-0.39, 0.29) is 57.2 Å². The molecule has 0 nitrogen and oxygen atoms in total. The molecule has 0 aromatic heterocycles. The molecular formula is C16H36Li2Zn. The first-order chi connectivity index (χ1) is 7.11. The normalized spacial score (nSPS) is 7.26. The molecule has 0 saturated carbocycles. The molecule has 0 atom stereocenters. The summed E-state index contributed by atoms with van der Waals surface area (Å²) in [4.78, 5) is 0. The standard InChI is InChI=1S/4C4H9.2Li.Zn/c3*1-4(2)3;1-3-4-2;;;/h3*1-3H3;1,3-4H2,2H3;;;/q4*-1;2*+1;+2. The molecule has 19 heavy (non-hydrogen) atoms. The van der Waals surface area contributed by atoms with Crippen LogP contribution in [0.15, 0.2) is 0 Å². The Morgan fingerprint density at radius 2 is 0.684 bits per heavy atom. The topological polar surface area (TPSA) is 0 Å². The second-order valence-electron chi connectivity index (χ2n) is 5.35. The van der Waals surface area contributed by atoms with Crippen LogP contribution in [-0.4, -0.2) is 0 Å². The summed E-state index contributed by atoms with van der Waals surface area (Å²) in [6, 6.07) is 0. The molecule has 0 spiro atoms. The maximum atomic E-state index is 3.60. The van der Waals surface area contributed by atoms with Gasteiger partial charge in [0, 0.05) is 0 Å². The van der Waals surface area contributed by atoms with Gasteiger partial charge in [0.05, 0.1) is 0 Å². The molecule has 0 aromatic carbocycles. The first-order valence-electron chi connectivity index (χ1n) is 6.21. The fourth-order valence-corrected chi connectivity index (χ4v) is 0. The van der Waals surface area contributed by atoms with Crippen molar-refractivity contribution in [3.05, 3.63) is 24.7 Å². The van der Waals surface area contributed by atoms with Gasteiger partial charge in [-0.1, -0.05) is 13.3 Å². The van der Waals surface area contributed by atoms with E-state index in [1.165, 1.54) is 24.2 Å². The summed E-state index contributed by atoms with van der Waals surface area (Å²) in [6.45, 7) is 24.5. The van der Waals surface area contributed by atoms with Crippen molar-refractivity contribution < 1.29 is 57.2 Å². The van der Waals surface area contributed by atoms with Crippen LogP contribution in [0.2, 0.25) is 0 Å². The van der Waals surface area contributed by atoms with Crippen molar-refractivity contribution in [2.24, 2.45) is 0 Å². The van der Waals surface area contributed by atoms with Crippen molar-refractivity contribution >= 4 is 0 Å². The smallest absolute Gasteiger partial charge is 0.343 e. The molecule has 0 N–H and O–H groups in total. The van der Waals surface area contributed by atoms with Crippen LogP contribution in [0.1, 0.15) is 82.1 Å². The molecule has 0 amide bonds. The molecule has 0 aliphatic heterocycles. The van der Waals surface area contributed by atoms with E-state index >= 15 is 0 Å². The van der Waals surface area contributed by atoms with Crippen LogP contribution < -0.4 is 37.7 Å². The van der Waals surface area contributed by atoms with Gasteiger partial charge in [-0.15, -0.1) is 0 Å². The Morgan fingerprint density at radius 3 is 0.684 bits per heavy atom. The van der Waals surface area contributed by atoms with Crippen molar-refractivity contribution in [2.75, 3.05) is 0 Å². The first kappa shape index (κ1) is 42.8. The van der Waals surface area contributed by atoms with E-state index < -0.39 is 0 Å². The van der Waals surface area contributed by atoms with E-state index in [0.29, 0.717) is 0 Å². The summed E-state index contributed by atoms with van der Waals surface area (Å²) in [5.74, 6) is 4.25. The molecule has 0 saturated heterocycles. The Bertz CT molecular complexity index is 60.3. The van der Waals surface area contributed by atoms with Crippen LogP contribution in [0.4, 0.5) is 0 Å². The zero-order chi connectivity index (χ0) is 14.1. The van der Waals surface area contributed by atoms with Crippen molar-refractivity contribution in [1.82, 2.24) is 0 Å². The average Bonchev–Trinajstić information content (AvgIpc) is 2.00. The SMILES string of the molecule is C[C-](C)C.C[C-](C)C.C[C-](C)C.[CH2-]CCC.[Li+].[Li+].[Zn+2]. The number of unbranched alkanes of at least 4 members (excludes halogenated alkanes) is 1. The van der Waals surface area contributed by atoms with Gasteiger partial charge in [-0.25, -0.2) is 0 Å². The third-order valence-corrected chi connectivity index (χ3v) is 0.354. The van der Waals surface area contributed by atoms with Gasteiger partial charge in [0.1, 0.15) is 0 Å². The summed E-state index contributed by atoms with van der Waals surface area (Å²) in [5.41, 5.74) is 0. The van der Waals surface area contributed by atoms with Gasteiger partial charge in [-0.3, -0.25) is 0 Å². The minimum atomic E-state index is 0. The fourth-order valence-electron chi connectivity index (χ4n) is 0. The molecule has 0 aliphatic rings. The predicted octanol–water partition coefficient (Wildman–Crippen LogP) is 0.488. The molecule has 0 unspecified atom stereocenters. The van der Waals surface area contributed by atoms with Gasteiger partial charge < -0.3 is 24.7 Å². The quantitative estimate of drug-likeness (QED) is 0.488. The summed E-state index contributed by atoms with van der Waals surface area (Å²) in [7, 11) is 0. The summed E-state index contributed by atoms with van der Waals surface area (Å²) < 4.78 is 0. The number of rotatable bonds is 1. The molecule has 0 radical (unpaired) electrons. The molecule has 0 bridgehead atoms. The van der Waals surface area contributed by atoms with Gasteiger partial charge in [-0.05, 0) is 0 Å². The maximum Gasteiger partial charge on any atom is 2.00 e.